The Morgan fingerprint density at radius 1 is 1.35 bits per heavy atom. The molecule has 0 radical (unpaired) electrons. The summed E-state index contributed by atoms with van der Waals surface area (Å²) < 4.78 is 15.2. The zero-order valence-corrected chi connectivity index (χ0v) is 13.7. The Hall–Kier alpha value is -2.21. The van der Waals surface area contributed by atoms with Gasteiger partial charge >= 0.3 is 0 Å². The first-order valence-electron chi connectivity index (χ1n) is 7.53. The highest BCUT2D eigenvalue weighted by atomic mass is 32.1. The third-order valence-electron chi connectivity index (χ3n) is 3.78. The van der Waals surface area contributed by atoms with Crippen LogP contribution in [0.1, 0.15) is 17.1 Å². The van der Waals surface area contributed by atoms with Crippen molar-refractivity contribution in [3.63, 3.8) is 0 Å². The molecule has 0 bridgehead atoms. The number of nitrogens with zero attached hydrogens (tertiary/aromatic N) is 2. The van der Waals surface area contributed by atoms with Crippen LogP contribution in [0, 0.1) is 5.82 Å². The summed E-state index contributed by atoms with van der Waals surface area (Å²) in [6.07, 6.45) is 1.89. The van der Waals surface area contributed by atoms with Gasteiger partial charge in [-0.2, -0.15) is 0 Å². The van der Waals surface area contributed by atoms with Gasteiger partial charge in [-0.05, 0) is 30.0 Å². The zero-order chi connectivity index (χ0) is 16.2. The molecular formula is C17H18FN3OS. The lowest BCUT2D eigenvalue weighted by Crippen LogP contribution is -2.26. The second kappa shape index (κ2) is 6.91. The van der Waals surface area contributed by atoms with Gasteiger partial charge in [0.25, 0.3) is 0 Å². The summed E-state index contributed by atoms with van der Waals surface area (Å²) in [5.41, 5.74) is 1.54. The monoisotopic (exact) mass is 331 g/mol. The smallest absolute Gasteiger partial charge is 0.220 e. The molecule has 2 heterocycles. The van der Waals surface area contributed by atoms with Crippen molar-refractivity contribution in [1.82, 2.24) is 14.9 Å². The van der Waals surface area contributed by atoms with E-state index in [0.29, 0.717) is 24.9 Å². The first-order valence-corrected chi connectivity index (χ1v) is 8.41. The molecule has 0 aliphatic carbocycles. The first kappa shape index (κ1) is 15.7. The van der Waals surface area contributed by atoms with Crippen LogP contribution in [0.25, 0.3) is 11.0 Å². The van der Waals surface area contributed by atoms with E-state index >= 15 is 0 Å². The topological polar surface area (TPSA) is 46.9 Å². The Bertz CT molecular complexity index is 811. The van der Waals surface area contributed by atoms with Crippen molar-refractivity contribution in [2.75, 3.05) is 6.54 Å². The highest BCUT2D eigenvalue weighted by Gasteiger charge is 2.09. The number of halogens is 1. The highest BCUT2D eigenvalue weighted by Crippen LogP contribution is 2.16. The quantitative estimate of drug-likeness (QED) is 0.754. The number of thiophene rings is 1. The number of aryl methyl sites for hydroxylation is 2. The van der Waals surface area contributed by atoms with E-state index in [9.17, 15) is 9.18 Å². The lowest BCUT2D eigenvalue weighted by molar-refractivity contribution is -0.121. The van der Waals surface area contributed by atoms with Crippen molar-refractivity contribution in [3.05, 3.63) is 52.2 Å². The molecule has 0 fully saturated rings. The average Bonchev–Trinajstić information content (AvgIpc) is 3.14. The van der Waals surface area contributed by atoms with E-state index < -0.39 is 0 Å². The summed E-state index contributed by atoms with van der Waals surface area (Å²) in [5.74, 6) is 0.594. The number of aromatic nitrogens is 2. The molecule has 0 aliphatic heterocycles. The molecule has 0 aliphatic rings. The molecule has 1 aromatic carbocycles. The van der Waals surface area contributed by atoms with Crippen LogP contribution in [0.4, 0.5) is 4.39 Å². The Morgan fingerprint density at radius 3 is 3.00 bits per heavy atom. The van der Waals surface area contributed by atoms with Gasteiger partial charge in [-0.3, -0.25) is 4.79 Å². The number of benzene rings is 1. The molecular weight excluding hydrogens is 313 g/mol. The minimum atomic E-state index is -0.288. The number of fused-ring (bicyclic) bond motifs is 1. The minimum Gasteiger partial charge on any atom is -0.356 e. The van der Waals surface area contributed by atoms with Gasteiger partial charge < -0.3 is 9.88 Å². The Labute approximate surface area is 138 Å². The SMILES string of the molecule is Cn1c(CCNC(=O)CCc2cccs2)nc2cc(F)ccc21. The molecule has 0 atom stereocenters. The maximum absolute atomic E-state index is 13.2. The summed E-state index contributed by atoms with van der Waals surface area (Å²) in [6.45, 7) is 0.531. The molecule has 0 saturated carbocycles. The fourth-order valence-corrected chi connectivity index (χ4v) is 3.25. The number of carbonyl (C=O) groups is 1. The van der Waals surface area contributed by atoms with Crippen molar-refractivity contribution >= 4 is 28.3 Å². The summed E-state index contributed by atoms with van der Waals surface area (Å²) in [4.78, 5) is 17.5. The van der Waals surface area contributed by atoms with Crippen molar-refractivity contribution in [3.8, 4) is 0 Å². The van der Waals surface area contributed by atoms with Gasteiger partial charge in [-0.1, -0.05) is 6.07 Å². The molecule has 23 heavy (non-hydrogen) atoms. The number of hydrogen-bond donors (Lipinski definition) is 1. The normalized spacial score (nSPS) is 11.0. The first-order chi connectivity index (χ1) is 11.1. The van der Waals surface area contributed by atoms with Gasteiger partial charge in [0.05, 0.1) is 11.0 Å². The number of nitrogens with one attached hydrogen (secondary N) is 1. The van der Waals surface area contributed by atoms with E-state index in [2.05, 4.69) is 10.3 Å². The van der Waals surface area contributed by atoms with E-state index in [1.54, 1.807) is 17.4 Å². The summed E-state index contributed by atoms with van der Waals surface area (Å²) >= 11 is 1.67. The molecule has 0 unspecified atom stereocenters. The van der Waals surface area contributed by atoms with Crippen LogP contribution in [-0.2, 0) is 24.7 Å². The number of amides is 1. The Balaban J connectivity index is 1.52. The van der Waals surface area contributed by atoms with E-state index in [0.717, 1.165) is 17.8 Å². The van der Waals surface area contributed by atoms with Gasteiger partial charge in [-0.15, -0.1) is 11.3 Å². The number of hydrogen-bond acceptors (Lipinski definition) is 3. The van der Waals surface area contributed by atoms with Gasteiger partial charge in [0.15, 0.2) is 0 Å². The van der Waals surface area contributed by atoms with Gasteiger partial charge in [0, 0.05) is 37.4 Å². The van der Waals surface area contributed by atoms with Crippen LogP contribution >= 0.6 is 11.3 Å². The fraction of sp³-hybridized carbons (Fsp3) is 0.294. The molecule has 2 aromatic heterocycles. The lowest BCUT2D eigenvalue weighted by atomic mass is 10.2. The third-order valence-corrected chi connectivity index (χ3v) is 4.72. The summed E-state index contributed by atoms with van der Waals surface area (Å²) in [6, 6.07) is 8.61. The van der Waals surface area contributed by atoms with Crippen LogP contribution in [0.3, 0.4) is 0 Å². The average molecular weight is 331 g/mol. The van der Waals surface area contributed by atoms with Crippen LogP contribution in [0.15, 0.2) is 35.7 Å². The van der Waals surface area contributed by atoms with Crippen LogP contribution in [0.5, 0.6) is 0 Å². The summed E-state index contributed by atoms with van der Waals surface area (Å²) in [5, 5.41) is 4.93. The summed E-state index contributed by atoms with van der Waals surface area (Å²) in [7, 11) is 1.90. The van der Waals surface area contributed by atoms with E-state index in [-0.39, 0.29) is 11.7 Å². The molecule has 3 aromatic rings. The predicted molar refractivity (Wildman–Crippen MR) is 90.0 cm³/mol. The largest absolute Gasteiger partial charge is 0.356 e. The van der Waals surface area contributed by atoms with E-state index in [1.165, 1.54) is 17.0 Å². The van der Waals surface area contributed by atoms with Gasteiger partial charge in [0.2, 0.25) is 5.91 Å². The van der Waals surface area contributed by atoms with Gasteiger partial charge in [0.1, 0.15) is 11.6 Å². The minimum absolute atomic E-state index is 0.0446. The molecule has 4 nitrogen and oxygen atoms in total. The number of imidazole rings is 1. The Kier molecular flexibility index (Phi) is 4.71. The zero-order valence-electron chi connectivity index (χ0n) is 12.9. The van der Waals surface area contributed by atoms with Crippen LogP contribution < -0.4 is 5.32 Å². The Morgan fingerprint density at radius 2 is 2.22 bits per heavy atom. The van der Waals surface area contributed by atoms with Crippen molar-refractivity contribution in [2.45, 2.75) is 19.3 Å². The van der Waals surface area contributed by atoms with Crippen LogP contribution in [-0.4, -0.2) is 22.0 Å². The lowest BCUT2D eigenvalue weighted by Gasteiger charge is -2.05. The second-order valence-electron chi connectivity index (χ2n) is 5.40. The number of carbonyl (C=O) groups excluding carboxylic acids is 1. The highest BCUT2D eigenvalue weighted by molar-refractivity contribution is 7.09. The molecule has 6 heteroatoms. The van der Waals surface area contributed by atoms with E-state index in [1.807, 2.05) is 29.1 Å². The molecule has 0 saturated heterocycles. The van der Waals surface area contributed by atoms with E-state index in [4.69, 9.17) is 0 Å². The third kappa shape index (κ3) is 3.76. The van der Waals surface area contributed by atoms with Crippen molar-refractivity contribution in [2.24, 2.45) is 7.05 Å². The number of rotatable bonds is 6. The molecule has 1 amide bonds. The molecule has 120 valence electrons. The fourth-order valence-electron chi connectivity index (χ4n) is 2.54. The maximum Gasteiger partial charge on any atom is 0.220 e. The molecule has 3 rings (SSSR count). The maximum atomic E-state index is 13.2. The standard InChI is InChI=1S/C17H18FN3OS/c1-21-15-6-4-12(18)11-14(15)20-16(21)8-9-19-17(22)7-5-13-3-2-10-23-13/h2-4,6,10-11H,5,7-9H2,1H3,(H,19,22). The van der Waals surface area contributed by atoms with Crippen molar-refractivity contribution < 1.29 is 9.18 Å². The molecule has 1 N–H and O–H groups in total. The second-order valence-corrected chi connectivity index (χ2v) is 6.43. The van der Waals surface area contributed by atoms with Crippen molar-refractivity contribution in [1.29, 1.82) is 0 Å². The van der Waals surface area contributed by atoms with Crippen LogP contribution in [0.2, 0.25) is 0 Å². The predicted octanol–water partition coefficient (Wildman–Crippen LogP) is 3.07. The van der Waals surface area contributed by atoms with Gasteiger partial charge in [-0.25, -0.2) is 9.37 Å². The molecule has 0 spiro atoms.